The quantitative estimate of drug-likeness (QED) is 0.588. The van der Waals surface area contributed by atoms with Crippen molar-refractivity contribution >= 4 is 17.2 Å². The highest BCUT2D eigenvalue weighted by atomic mass is 16.1. The zero-order valence-electron chi connectivity index (χ0n) is 8.87. The van der Waals surface area contributed by atoms with Crippen LogP contribution in [0.15, 0.2) is 18.2 Å². The predicted molar refractivity (Wildman–Crippen MR) is 59.8 cm³/mol. The van der Waals surface area contributed by atoms with E-state index in [0.717, 1.165) is 12.2 Å². The van der Waals surface area contributed by atoms with Gasteiger partial charge in [-0.05, 0) is 32.0 Å². The van der Waals surface area contributed by atoms with Gasteiger partial charge in [-0.25, -0.2) is 0 Å². The van der Waals surface area contributed by atoms with E-state index < -0.39 is 0 Å². The average Bonchev–Trinajstić information content (AvgIpc) is 2.17. The maximum atomic E-state index is 11.2. The Morgan fingerprint density at radius 3 is 2.64 bits per heavy atom. The van der Waals surface area contributed by atoms with Gasteiger partial charge in [0.2, 0.25) is 0 Å². The van der Waals surface area contributed by atoms with Gasteiger partial charge in [-0.2, -0.15) is 0 Å². The fourth-order valence-corrected chi connectivity index (χ4v) is 1.27. The van der Waals surface area contributed by atoms with E-state index >= 15 is 0 Å². The molecule has 0 heterocycles. The highest BCUT2D eigenvalue weighted by molar-refractivity contribution is 6.00. The number of anilines is 2. The molecule has 0 bridgehead atoms. The topological polar surface area (TPSA) is 46.3 Å². The first-order valence-electron chi connectivity index (χ1n) is 4.67. The molecule has 0 unspecified atom stereocenters. The molecule has 0 atom stereocenters. The molecule has 1 aromatic carbocycles. The van der Waals surface area contributed by atoms with E-state index in [9.17, 15) is 4.79 Å². The third-order valence-electron chi connectivity index (χ3n) is 2.33. The number of ketones is 1. The molecule has 76 valence electrons. The minimum atomic E-state index is 0.00820. The van der Waals surface area contributed by atoms with Gasteiger partial charge < -0.3 is 10.6 Å². The van der Waals surface area contributed by atoms with Crippen LogP contribution < -0.4 is 10.6 Å². The van der Waals surface area contributed by atoms with Crippen molar-refractivity contribution in [2.24, 2.45) is 0 Å². The highest BCUT2D eigenvalue weighted by Crippen LogP contribution is 2.20. The third-order valence-corrected chi connectivity index (χ3v) is 2.33. The number of rotatable bonds is 3. The van der Waals surface area contributed by atoms with Crippen LogP contribution in [0.3, 0.4) is 0 Å². The molecule has 14 heavy (non-hydrogen) atoms. The Morgan fingerprint density at radius 1 is 1.50 bits per heavy atom. The lowest BCUT2D eigenvalue weighted by atomic mass is 10.1. The second-order valence-electron chi connectivity index (χ2n) is 3.34. The minimum Gasteiger partial charge on any atom is -0.398 e. The molecule has 1 rings (SSSR count). The van der Waals surface area contributed by atoms with E-state index in [-0.39, 0.29) is 5.78 Å². The zero-order valence-corrected chi connectivity index (χ0v) is 8.87. The molecule has 0 spiro atoms. The lowest BCUT2D eigenvalue weighted by Gasteiger charge is -2.17. The van der Waals surface area contributed by atoms with Crippen LogP contribution in [0, 0.1) is 0 Å². The van der Waals surface area contributed by atoms with Gasteiger partial charge in [0.15, 0.2) is 5.78 Å². The van der Waals surface area contributed by atoms with Crippen LogP contribution in [0.5, 0.6) is 0 Å². The fraction of sp³-hybridized carbons (Fsp3) is 0.364. The van der Waals surface area contributed by atoms with Crippen molar-refractivity contribution in [3.05, 3.63) is 23.8 Å². The summed E-state index contributed by atoms with van der Waals surface area (Å²) >= 11 is 0. The molecule has 2 N–H and O–H groups in total. The van der Waals surface area contributed by atoms with Gasteiger partial charge >= 0.3 is 0 Å². The molecular weight excluding hydrogens is 176 g/mol. The number of nitrogen functional groups attached to an aromatic ring is 1. The Hall–Kier alpha value is -1.51. The predicted octanol–water partition coefficient (Wildman–Crippen LogP) is 1.93. The summed E-state index contributed by atoms with van der Waals surface area (Å²) < 4.78 is 0. The number of carbonyl (C=O) groups is 1. The van der Waals surface area contributed by atoms with Crippen molar-refractivity contribution < 1.29 is 4.79 Å². The first kappa shape index (κ1) is 10.6. The molecule has 0 aliphatic carbocycles. The summed E-state index contributed by atoms with van der Waals surface area (Å²) in [6, 6.07) is 5.53. The fourth-order valence-electron chi connectivity index (χ4n) is 1.27. The molecule has 3 nitrogen and oxygen atoms in total. The van der Waals surface area contributed by atoms with E-state index in [2.05, 4.69) is 11.8 Å². The average molecular weight is 192 g/mol. The summed E-state index contributed by atoms with van der Waals surface area (Å²) in [5.74, 6) is 0.00820. The van der Waals surface area contributed by atoms with Crippen LogP contribution in [0.4, 0.5) is 11.4 Å². The van der Waals surface area contributed by atoms with Gasteiger partial charge in [-0.3, -0.25) is 4.79 Å². The molecule has 0 aromatic heterocycles. The molecule has 3 heteroatoms. The van der Waals surface area contributed by atoms with Crippen LogP contribution in [-0.4, -0.2) is 19.4 Å². The van der Waals surface area contributed by atoms with Crippen LogP contribution >= 0.6 is 0 Å². The summed E-state index contributed by atoms with van der Waals surface area (Å²) in [6.07, 6.45) is 0. The van der Waals surface area contributed by atoms with Gasteiger partial charge in [-0.15, -0.1) is 0 Å². The van der Waals surface area contributed by atoms with Crippen molar-refractivity contribution in [3.63, 3.8) is 0 Å². The standard InChI is InChI=1S/C11H16N2O/c1-4-13(3)9-5-6-11(12)10(7-9)8(2)14/h5-7H,4,12H2,1-3H3. The van der Waals surface area contributed by atoms with Crippen molar-refractivity contribution in [1.29, 1.82) is 0 Å². The second kappa shape index (κ2) is 4.13. The van der Waals surface area contributed by atoms with Gasteiger partial charge in [0.25, 0.3) is 0 Å². The van der Waals surface area contributed by atoms with Crippen molar-refractivity contribution in [1.82, 2.24) is 0 Å². The van der Waals surface area contributed by atoms with E-state index in [0.29, 0.717) is 11.3 Å². The molecule has 0 aliphatic heterocycles. The van der Waals surface area contributed by atoms with Crippen molar-refractivity contribution in [3.8, 4) is 0 Å². The lowest BCUT2D eigenvalue weighted by Crippen LogP contribution is -2.16. The number of nitrogens with zero attached hydrogens (tertiary/aromatic N) is 1. The number of benzene rings is 1. The Morgan fingerprint density at radius 2 is 2.14 bits per heavy atom. The minimum absolute atomic E-state index is 0.00820. The van der Waals surface area contributed by atoms with Crippen molar-refractivity contribution in [2.45, 2.75) is 13.8 Å². The number of hydrogen-bond donors (Lipinski definition) is 1. The smallest absolute Gasteiger partial charge is 0.161 e. The van der Waals surface area contributed by atoms with Crippen LogP contribution in [-0.2, 0) is 0 Å². The molecule has 0 saturated carbocycles. The van der Waals surface area contributed by atoms with E-state index in [4.69, 9.17) is 5.73 Å². The van der Waals surface area contributed by atoms with Gasteiger partial charge in [0.05, 0.1) is 0 Å². The zero-order chi connectivity index (χ0) is 10.7. The molecule has 1 aromatic rings. The highest BCUT2D eigenvalue weighted by Gasteiger charge is 2.07. The molecule has 0 saturated heterocycles. The summed E-state index contributed by atoms with van der Waals surface area (Å²) in [5.41, 5.74) is 7.86. The molecule has 0 radical (unpaired) electrons. The monoisotopic (exact) mass is 192 g/mol. The van der Waals surface area contributed by atoms with E-state index in [1.54, 1.807) is 6.07 Å². The Labute approximate surface area is 84.5 Å². The molecule has 0 aliphatic rings. The van der Waals surface area contributed by atoms with E-state index in [1.807, 2.05) is 19.2 Å². The van der Waals surface area contributed by atoms with Crippen LogP contribution in [0.2, 0.25) is 0 Å². The summed E-state index contributed by atoms with van der Waals surface area (Å²) in [4.78, 5) is 13.3. The van der Waals surface area contributed by atoms with E-state index in [1.165, 1.54) is 6.92 Å². The SMILES string of the molecule is CCN(C)c1ccc(N)c(C(C)=O)c1. The molecule has 0 fully saturated rings. The Balaban J connectivity index is 3.12. The largest absolute Gasteiger partial charge is 0.398 e. The lowest BCUT2D eigenvalue weighted by molar-refractivity contribution is 0.101. The molecule has 0 amide bonds. The Kier molecular flexibility index (Phi) is 3.12. The second-order valence-corrected chi connectivity index (χ2v) is 3.34. The maximum absolute atomic E-state index is 11.2. The maximum Gasteiger partial charge on any atom is 0.161 e. The summed E-state index contributed by atoms with van der Waals surface area (Å²) in [5, 5.41) is 0. The normalized spacial score (nSPS) is 9.93. The summed E-state index contributed by atoms with van der Waals surface area (Å²) in [6.45, 7) is 4.49. The first-order valence-corrected chi connectivity index (χ1v) is 4.67. The number of hydrogen-bond acceptors (Lipinski definition) is 3. The van der Waals surface area contributed by atoms with Gasteiger partial charge in [0.1, 0.15) is 0 Å². The van der Waals surface area contributed by atoms with Crippen molar-refractivity contribution in [2.75, 3.05) is 24.2 Å². The van der Waals surface area contributed by atoms with Gasteiger partial charge in [-0.1, -0.05) is 0 Å². The Bertz CT molecular complexity index is 347. The van der Waals surface area contributed by atoms with Gasteiger partial charge in [0, 0.05) is 30.5 Å². The number of nitrogens with two attached hydrogens (primary N) is 1. The number of Topliss-reactive ketones (excluding diaryl/α,β-unsaturated/α-hetero) is 1. The third kappa shape index (κ3) is 2.05. The summed E-state index contributed by atoms with van der Waals surface area (Å²) in [7, 11) is 1.98. The molecular formula is C11H16N2O. The first-order chi connectivity index (χ1) is 6.56. The van der Waals surface area contributed by atoms with Crippen LogP contribution in [0.1, 0.15) is 24.2 Å². The van der Waals surface area contributed by atoms with Crippen LogP contribution in [0.25, 0.3) is 0 Å². The number of carbonyl (C=O) groups excluding carboxylic acids is 1.